The number of halogens is 1. The summed E-state index contributed by atoms with van der Waals surface area (Å²) in [4.78, 5) is 8.62. The van der Waals surface area contributed by atoms with Crippen molar-refractivity contribution >= 4 is 17.2 Å². The Balaban J connectivity index is 1.86. The van der Waals surface area contributed by atoms with Crippen molar-refractivity contribution in [3.8, 4) is 22.8 Å². The van der Waals surface area contributed by atoms with E-state index in [1.807, 2.05) is 24.3 Å². The highest BCUT2D eigenvalue weighted by Crippen LogP contribution is 2.34. The van der Waals surface area contributed by atoms with Crippen LogP contribution in [-0.2, 0) is 0 Å². The van der Waals surface area contributed by atoms with E-state index in [9.17, 15) is 0 Å². The van der Waals surface area contributed by atoms with Crippen LogP contribution in [0.2, 0.25) is 5.28 Å². The lowest BCUT2D eigenvalue weighted by molar-refractivity contribution is 0.171. The van der Waals surface area contributed by atoms with Crippen LogP contribution in [-0.4, -0.2) is 27.6 Å². The molecule has 5 nitrogen and oxygen atoms in total. The summed E-state index contributed by atoms with van der Waals surface area (Å²) in [7, 11) is 0. The van der Waals surface area contributed by atoms with Gasteiger partial charge in [0.15, 0.2) is 11.5 Å². The number of fused-ring (bicyclic) bond motifs is 2. The van der Waals surface area contributed by atoms with Crippen LogP contribution in [0, 0.1) is 0 Å². The molecule has 1 aliphatic rings. The Kier molecular flexibility index (Phi) is 2.53. The molecule has 2 aromatic heterocycles. The van der Waals surface area contributed by atoms with Crippen molar-refractivity contribution in [1.82, 2.24) is 14.4 Å². The second kappa shape index (κ2) is 4.38. The number of hydrogen-bond acceptors (Lipinski definition) is 4. The fourth-order valence-electron chi connectivity index (χ4n) is 2.24. The highest BCUT2D eigenvalue weighted by molar-refractivity contribution is 6.28. The van der Waals surface area contributed by atoms with E-state index in [0.717, 1.165) is 28.4 Å². The van der Waals surface area contributed by atoms with Crippen molar-refractivity contribution in [3.63, 3.8) is 0 Å². The number of aromatic nitrogens is 3. The number of hydrogen-bond donors (Lipinski definition) is 0. The highest BCUT2D eigenvalue weighted by Gasteiger charge is 2.14. The molecule has 0 spiro atoms. The van der Waals surface area contributed by atoms with Crippen LogP contribution in [0.4, 0.5) is 0 Å². The minimum Gasteiger partial charge on any atom is -0.486 e. The predicted octanol–water partition coefficient (Wildman–Crippen LogP) is 2.82. The van der Waals surface area contributed by atoms with E-state index in [-0.39, 0.29) is 0 Å². The first-order valence-electron chi connectivity index (χ1n) is 6.21. The Morgan fingerprint density at radius 1 is 1.10 bits per heavy atom. The second-order valence-electron chi connectivity index (χ2n) is 4.42. The lowest BCUT2D eigenvalue weighted by Gasteiger charge is -2.18. The lowest BCUT2D eigenvalue weighted by Crippen LogP contribution is -2.15. The Bertz CT molecular complexity index is 800. The largest absolute Gasteiger partial charge is 0.486 e. The molecule has 0 aliphatic carbocycles. The second-order valence-corrected chi connectivity index (χ2v) is 4.76. The van der Waals surface area contributed by atoms with Crippen LogP contribution in [0.3, 0.4) is 0 Å². The molecule has 0 bridgehead atoms. The Morgan fingerprint density at radius 2 is 1.95 bits per heavy atom. The quantitative estimate of drug-likeness (QED) is 0.646. The predicted molar refractivity (Wildman–Crippen MR) is 74.4 cm³/mol. The first kappa shape index (κ1) is 11.5. The maximum Gasteiger partial charge on any atom is 0.209 e. The van der Waals surface area contributed by atoms with E-state index < -0.39 is 0 Å². The Hall–Kier alpha value is -2.27. The normalized spacial score (nSPS) is 13.7. The van der Waals surface area contributed by atoms with E-state index in [0.29, 0.717) is 18.5 Å². The molecular formula is C14H10ClN3O2. The van der Waals surface area contributed by atoms with Gasteiger partial charge in [-0.2, -0.15) is 0 Å². The molecule has 1 aromatic carbocycles. The van der Waals surface area contributed by atoms with Crippen molar-refractivity contribution < 1.29 is 9.47 Å². The van der Waals surface area contributed by atoms with Crippen LogP contribution in [0.25, 0.3) is 16.9 Å². The SMILES string of the molecule is Clc1nc(-c2ccc3c(c2)OCCO3)cc2nccn12. The van der Waals surface area contributed by atoms with E-state index in [1.54, 1.807) is 16.8 Å². The molecule has 3 heterocycles. The molecule has 0 fully saturated rings. The summed E-state index contributed by atoms with van der Waals surface area (Å²) >= 11 is 6.15. The molecule has 6 heteroatoms. The van der Waals surface area contributed by atoms with E-state index in [4.69, 9.17) is 21.1 Å². The molecule has 0 saturated heterocycles. The summed E-state index contributed by atoms with van der Waals surface area (Å²) in [5, 5.41) is 0.380. The number of rotatable bonds is 1. The van der Waals surface area contributed by atoms with Crippen LogP contribution in [0.15, 0.2) is 36.7 Å². The van der Waals surface area contributed by atoms with Gasteiger partial charge in [-0.05, 0) is 29.8 Å². The number of imidazole rings is 1. The zero-order chi connectivity index (χ0) is 13.5. The van der Waals surface area contributed by atoms with Crippen LogP contribution >= 0.6 is 11.6 Å². The zero-order valence-electron chi connectivity index (χ0n) is 10.4. The van der Waals surface area contributed by atoms with E-state index in [2.05, 4.69) is 9.97 Å². The number of benzene rings is 1. The first-order valence-corrected chi connectivity index (χ1v) is 6.59. The molecular weight excluding hydrogens is 278 g/mol. The van der Waals surface area contributed by atoms with E-state index >= 15 is 0 Å². The summed E-state index contributed by atoms with van der Waals surface area (Å²) in [5.41, 5.74) is 2.43. The van der Waals surface area contributed by atoms with Gasteiger partial charge in [-0.3, -0.25) is 4.40 Å². The fourth-order valence-corrected chi connectivity index (χ4v) is 2.47. The van der Waals surface area contributed by atoms with Crippen molar-refractivity contribution in [2.75, 3.05) is 13.2 Å². The van der Waals surface area contributed by atoms with Gasteiger partial charge in [0.1, 0.15) is 18.9 Å². The molecule has 100 valence electrons. The van der Waals surface area contributed by atoms with Gasteiger partial charge >= 0.3 is 0 Å². The van der Waals surface area contributed by atoms with Gasteiger partial charge in [0.25, 0.3) is 0 Å². The number of nitrogens with zero attached hydrogens (tertiary/aromatic N) is 3. The third kappa shape index (κ3) is 1.78. The molecule has 3 aromatic rings. The molecule has 0 amide bonds. The molecule has 0 unspecified atom stereocenters. The lowest BCUT2D eigenvalue weighted by atomic mass is 10.1. The van der Waals surface area contributed by atoms with Crippen LogP contribution in [0.5, 0.6) is 11.5 Å². The zero-order valence-corrected chi connectivity index (χ0v) is 11.2. The van der Waals surface area contributed by atoms with Crippen LogP contribution in [0.1, 0.15) is 0 Å². The standard InChI is InChI=1S/C14H10ClN3O2/c15-14-17-10(8-13-16-3-4-18(13)14)9-1-2-11-12(7-9)20-6-5-19-11/h1-4,7-8H,5-6H2. The summed E-state index contributed by atoms with van der Waals surface area (Å²) in [6.45, 7) is 1.14. The van der Waals surface area contributed by atoms with Crippen molar-refractivity contribution in [1.29, 1.82) is 0 Å². The molecule has 0 saturated carbocycles. The summed E-state index contributed by atoms with van der Waals surface area (Å²) in [6.07, 6.45) is 3.47. The third-order valence-corrected chi connectivity index (χ3v) is 3.45. The molecule has 0 atom stereocenters. The van der Waals surface area contributed by atoms with Gasteiger partial charge in [-0.15, -0.1) is 0 Å². The highest BCUT2D eigenvalue weighted by atomic mass is 35.5. The van der Waals surface area contributed by atoms with Crippen molar-refractivity contribution in [2.45, 2.75) is 0 Å². The van der Waals surface area contributed by atoms with Crippen molar-refractivity contribution in [3.05, 3.63) is 41.9 Å². The molecule has 0 radical (unpaired) electrons. The van der Waals surface area contributed by atoms with Gasteiger partial charge in [0, 0.05) is 24.0 Å². The van der Waals surface area contributed by atoms with Gasteiger partial charge in [-0.25, -0.2) is 9.97 Å². The van der Waals surface area contributed by atoms with Crippen LogP contribution < -0.4 is 9.47 Å². The maximum atomic E-state index is 6.15. The fraction of sp³-hybridized carbons (Fsp3) is 0.143. The monoisotopic (exact) mass is 287 g/mol. The molecule has 1 aliphatic heterocycles. The average molecular weight is 288 g/mol. The Labute approximate surface area is 119 Å². The molecule has 4 rings (SSSR count). The summed E-state index contributed by atoms with van der Waals surface area (Å²) < 4.78 is 12.8. The van der Waals surface area contributed by atoms with Gasteiger partial charge in [0.2, 0.25) is 5.28 Å². The van der Waals surface area contributed by atoms with Crippen molar-refractivity contribution in [2.24, 2.45) is 0 Å². The van der Waals surface area contributed by atoms with Gasteiger partial charge < -0.3 is 9.47 Å². The topological polar surface area (TPSA) is 48.7 Å². The first-order chi connectivity index (χ1) is 9.81. The van der Waals surface area contributed by atoms with E-state index in [1.165, 1.54) is 0 Å². The average Bonchev–Trinajstić information content (AvgIpc) is 2.96. The minimum absolute atomic E-state index is 0.380. The summed E-state index contributed by atoms with van der Waals surface area (Å²) in [5.74, 6) is 1.49. The Morgan fingerprint density at radius 3 is 2.85 bits per heavy atom. The molecule has 20 heavy (non-hydrogen) atoms. The summed E-state index contributed by atoms with van der Waals surface area (Å²) in [6, 6.07) is 7.62. The minimum atomic E-state index is 0.380. The third-order valence-electron chi connectivity index (χ3n) is 3.18. The maximum absolute atomic E-state index is 6.15. The number of ether oxygens (including phenoxy) is 2. The smallest absolute Gasteiger partial charge is 0.209 e. The van der Waals surface area contributed by atoms with Gasteiger partial charge in [0.05, 0.1) is 5.69 Å². The van der Waals surface area contributed by atoms with Gasteiger partial charge in [-0.1, -0.05) is 0 Å². The molecule has 0 N–H and O–H groups in total.